The summed E-state index contributed by atoms with van der Waals surface area (Å²) in [5.74, 6) is -0.516. The van der Waals surface area contributed by atoms with E-state index in [0.717, 1.165) is 11.3 Å². The van der Waals surface area contributed by atoms with Crippen LogP contribution in [0.2, 0.25) is 4.34 Å². The molecule has 0 unspecified atom stereocenters. The molecule has 7 nitrogen and oxygen atoms in total. The SMILES string of the molecule is CCOC(=O)c1cnn2ccc(NS(=O)(=O)c3ccc(Cl)s3)cc12. The van der Waals surface area contributed by atoms with Crippen molar-refractivity contribution in [2.75, 3.05) is 11.3 Å². The molecule has 3 aromatic heterocycles. The van der Waals surface area contributed by atoms with E-state index in [-0.39, 0.29) is 16.4 Å². The Morgan fingerprint density at radius 3 is 2.88 bits per heavy atom. The van der Waals surface area contributed by atoms with Crippen molar-refractivity contribution in [2.24, 2.45) is 0 Å². The molecule has 0 spiro atoms. The predicted octanol–water partition coefficient (Wildman–Crippen LogP) is 3.03. The van der Waals surface area contributed by atoms with Crippen LogP contribution in [0.5, 0.6) is 0 Å². The molecule has 0 aliphatic heterocycles. The number of pyridine rings is 1. The van der Waals surface area contributed by atoms with Gasteiger partial charge < -0.3 is 4.74 Å². The summed E-state index contributed by atoms with van der Waals surface area (Å²) < 4.78 is 34.0. The third-order valence-corrected chi connectivity index (χ3v) is 6.19. The lowest BCUT2D eigenvalue weighted by molar-refractivity contribution is 0.0528. The zero-order valence-electron chi connectivity index (χ0n) is 12.4. The summed E-state index contributed by atoms with van der Waals surface area (Å²) in [4.78, 5) is 11.9. The van der Waals surface area contributed by atoms with Crippen LogP contribution in [-0.4, -0.2) is 30.6 Å². The first-order valence-electron chi connectivity index (χ1n) is 6.83. The second-order valence-corrected chi connectivity index (χ2v) is 8.31. The third kappa shape index (κ3) is 3.23. The number of hydrogen-bond donors (Lipinski definition) is 1. The summed E-state index contributed by atoms with van der Waals surface area (Å²) in [7, 11) is -3.75. The Balaban J connectivity index is 1.96. The van der Waals surface area contributed by atoms with Gasteiger partial charge in [-0.25, -0.2) is 17.7 Å². The molecule has 3 rings (SSSR count). The topological polar surface area (TPSA) is 89.8 Å². The van der Waals surface area contributed by atoms with Crippen molar-refractivity contribution < 1.29 is 17.9 Å². The fourth-order valence-corrected chi connectivity index (χ4v) is 4.59. The van der Waals surface area contributed by atoms with Gasteiger partial charge in [-0.15, -0.1) is 11.3 Å². The van der Waals surface area contributed by atoms with Crippen LogP contribution in [0.1, 0.15) is 17.3 Å². The van der Waals surface area contributed by atoms with Crippen LogP contribution in [0.25, 0.3) is 5.52 Å². The summed E-state index contributed by atoms with van der Waals surface area (Å²) in [6.07, 6.45) is 2.93. The predicted molar refractivity (Wildman–Crippen MR) is 91.3 cm³/mol. The van der Waals surface area contributed by atoms with Gasteiger partial charge >= 0.3 is 5.97 Å². The minimum atomic E-state index is -3.75. The fourth-order valence-electron chi connectivity index (χ4n) is 2.06. The highest BCUT2D eigenvalue weighted by Gasteiger charge is 2.19. The van der Waals surface area contributed by atoms with Gasteiger partial charge in [0, 0.05) is 6.20 Å². The molecular weight excluding hydrogens is 374 g/mol. The maximum Gasteiger partial charge on any atom is 0.341 e. The van der Waals surface area contributed by atoms with Gasteiger partial charge in [-0.2, -0.15) is 5.10 Å². The van der Waals surface area contributed by atoms with E-state index in [0.29, 0.717) is 15.5 Å². The van der Waals surface area contributed by atoms with E-state index in [1.165, 1.54) is 28.9 Å². The minimum Gasteiger partial charge on any atom is -0.462 e. The van der Waals surface area contributed by atoms with Crippen LogP contribution in [0, 0.1) is 0 Å². The molecule has 0 saturated carbocycles. The monoisotopic (exact) mass is 385 g/mol. The largest absolute Gasteiger partial charge is 0.462 e. The molecule has 0 aliphatic carbocycles. The van der Waals surface area contributed by atoms with Gasteiger partial charge in [0.2, 0.25) is 0 Å². The number of nitrogens with zero attached hydrogens (tertiary/aromatic N) is 2. The van der Waals surface area contributed by atoms with Gasteiger partial charge in [0.05, 0.1) is 28.3 Å². The number of nitrogens with one attached hydrogen (secondary N) is 1. The summed E-state index contributed by atoms with van der Waals surface area (Å²) in [6, 6.07) is 6.00. The Bertz CT molecular complexity index is 1010. The number of carbonyl (C=O) groups is 1. The van der Waals surface area contributed by atoms with Crippen molar-refractivity contribution >= 4 is 50.1 Å². The van der Waals surface area contributed by atoms with Crippen molar-refractivity contribution in [2.45, 2.75) is 11.1 Å². The number of halogens is 1. The van der Waals surface area contributed by atoms with E-state index in [4.69, 9.17) is 16.3 Å². The fraction of sp³-hybridized carbons (Fsp3) is 0.143. The van der Waals surface area contributed by atoms with Crippen molar-refractivity contribution in [1.29, 1.82) is 0 Å². The summed E-state index contributed by atoms with van der Waals surface area (Å²) in [5.41, 5.74) is 1.01. The molecule has 0 atom stereocenters. The molecule has 10 heteroatoms. The first kappa shape index (κ1) is 16.7. The van der Waals surface area contributed by atoms with Gasteiger partial charge in [0.15, 0.2) is 0 Å². The van der Waals surface area contributed by atoms with Crippen LogP contribution in [0.3, 0.4) is 0 Å². The molecule has 0 aliphatic rings. The number of sulfonamides is 1. The molecule has 0 bridgehead atoms. The number of rotatable bonds is 5. The van der Waals surface area contributed by atoms with E-state index in [1.54, 1.807) is 19.2 Å². The molecule has 0 amide bonds. The normalized spacial score (nSPS) is 11.6. The zero-order valence-corrected chi connectivity index (χ0v) is 14.8. The van der Waals surface area contributed by atoms with Crippen molar-refractivity contribution in [3.05, 3.63) is 46.6 Å². The van der Waals surface area contributed by atoms with E-state index in [9.17, 15) is 13.2 Å². The Labute approximate surface area is 146 Å². The van der Waals surface area contributed by atoms with E-state index < -0.39 is 16.0 Å². The molecule has 0 radical (unpaired) electrons. The van der Waals surface area contributed by atoms with Crippen molar-refractivity contribution in [1.82, 2.24) is 9.61 Å². The molecule has 24 heavy (non-hydrogen) atoms. The average Bonchev–Trinajstić information content (AvgIpc) is 3.13. The van der Waals surface area contributed by atoms with Crippen LogP contribution in [0.15, 0.2) is 40.9 Å². The van der Waals surface area contributed by atoms with Gasteiger partial charge in [-0.05, 0) is 31.2 Å². The average molecular weight is 386 g/mol. The third-order valence-electron chi connectivity index (χ3n) is 3.08. The maximum absolute atomic E-state index is 12.3. The lowest BCUT2D eigenvalue weighted by Gasteiger charge is -2.07. The van der Waals surface area contributed by atoms with Gasteiger partial charge in [0.25, 0.3) is 10.0 Å². The first-order chi connectivity index (χ1) is 11.4. The number of ether oxygens (including phenoxy) is 1. The van der Waals surface area contributed by atoms with Gasteiger partial charge in [0.1, 0.15) is 9.77 Å². The van der Waals surface area contributed by atoms with Crippen LogP contribution < -0.4 is 4.72 Å². The molecule has 0 aromatic carbocycles. The molecule has 0 fully saturated rings. The van der Waals surface area contributed by atoms with Crippen LogP contribution in [-0.2, 0) is 14.8 Å². The number of carbonyl (C=O) groups excluding carboxylic acids is 1. The standard InChI is InChI=1S/C14H12ClN3O4S2/c1-2-22-14(19)10-8-16-18-6-5-9(7-11(10)18)17-24(20,21)13-4-3-12(15)23-13/h3-8,17H,2H2,1H3. The van der Waals surface area contributed by atoms with Crippen LogP contribution in [0.4, 0.5) is 5.69 Å². The Kier molecular flexibility index (Phi) is 4.48. The van der Waals surface area contributed by atoms with Gasteiger partial charge in [-0.1, -0.05) is 11.6 Å². The van der Waals surface area contributed by atoms with Gasteiger partial charge in [-0.3, -0.25) is 4.72 Å². The molecule has 0 saturated heterocycles. The molecular formula is C14H12ClN3O4S2. The molecule has 1 N–H and O–H groups in total. The van der Waals surface area contributed by atoms with E-state index in [1.807, 2.05) is 0 Å². The number of thiophene rings is 1. The highest BCUT2D eigenvalue weighted by molar-refractivity contribution is 7.94. The second-order valence-electron chi connectivity index (χ2n) is 4.69. The number of fused-ring (bicyclic) bond motifs is 1. The Morgan fingerprint density at radius 1 is 1.42 bits per heavy atom. The van der Waals surface area contributed by atoms with Crippen molar-refractivity contribution in [3.63, 3.8) is 0 Å². The Hall–Kier alpha value is -2.10. The molecule has 126 valence electrons. The lowest BCUT2D eigenvalue weighted by Crippen LogP contribution is -2.11. The molecule has 3 heterocycles. The van der Waals surface area contributed by atoms with E-state index >= 15 is 0 Å². The number of hydrogen-bond acceptors (Lipinski definition) is 6. The highest BCUT2D eigenvalue weighted by Crippen LogP contribution is 2.27. The minimum absolute atomic E-state index is 0.103. The number of esters is 1. The number of anilines is 1. The van der Waals surface area contributed by atoms with Crippen LogP contribution >= 0.6 is 22.9 Å². The number of aromatic nitrogens is 2. The highest BCUT2D eigenvalue weighted by atomic mass is 35.5. The quantitative estimate of drug-likeness (QED) is 0.682. The molecule has 3 aromatic rings. The summed E-state index contributed by atoms with van der Waals surface area (Å²) >= 11 is 6.74. The lowest BCUT2D eigenvalue weighted by atomic mass is 10.2. The summed E-state index contributed by atoms with van der Waals surface area (Å²) in [6.45, 7) is 1.94. The van der Waals surface area contributed by atoms with E-state index in [2.05, 4.69) is 9.82 Å². The zero-order chi connectivity index (χ0) is 17.3. The van der Waals surface area contributed by atoms with Crippen molar-refractivity contribution in [3.8, 4) is 0 Å². The smallest absolute Gasteiger partial charge is 0.341 e. The first-order valence-corrected chi connectivity index (χ1v) is 9.51. The summed E-state index contributed by atoms with van der Waals surface area (Å²) in [5, 5.41) is 4.04. The Morgan fingerprint density at radius 2 is 2.21 bits per heavy atom. The maximum atomic E-state index is 12.3. The second kappa shape index (κ2) is 6.42.